The molecule has 4 heteroatoms. The second kappa shape index (κ2) is 3.53. The maximum atomic E-state index is 10.9. The van der Waals surface area contributed by atoms with Crippen LogP contribution in [0.5, 0.6) is 0 Å². The number of carbonyl (C=O) groups excluding carboxylic acids is 1. The average molecular weight is 144 g/mol. The molecule has 0 radical (unpaired) electrons. The van der Waals surface area contributed by atoms with E-state index in [1.807, 2.05) is 0 Å². The third kappa shape index (κ3) is 1.68. The Kier molecular flexibility index (Phi) is 2.65. The molecule has 0 aromatic heterocycles. The first kappa shape index (κ1) is 7.50. The Balaban J connectivity index is 2.25. The van der Waals surface area contributed by atoms with E-state index in [0.717, 1.165) is 19.4 Å². The molecule has 58 valence electrons. The number of hydrogen-bond acceptors (Lipinski definition) is 4. The fourth-order valence-corrected chi connectivity index (χ4v) is 1.07. The van der Waals surface area contributed by atoms with Crippen molar-refractivity contribution in [2.45, 2.75) is 18.9 Å². The van der Waals surface area contributed by atoms with Gasteiger partial charge in [0.25, 0.3) is 0 Å². The molecule has 1 fully saturated rings. The third-order valence-corrected chi connectivity index (χ3v) is 1.57. The van der Waals surface area contributed by atoms with Gasteiger partial charge in [-0.2, -0.15) is 0 Å². The lowest BCUT2D eigenvalue weighted by Crippen LogP contribution is -2.33. The number of nitrogens with one attached hydrogen (secondary N) is 1. The van der Waals surface area contributed by atoms with E-state index in [1.165, 1.54) is 0 Å². The second-order valence-electron chi connectivity index (χ2n) is 2.28. The van der Waals surface area contributed by atoms with Gasteiger partial charge in [-0.3, -0.25) is 10.5 Å². The van der Waals surface area contributed by atoms with Crippen LogP contribution in [0.3, 0.4) is 0 Å². The van der Waals surface area contributed by atoms with Gasteiger partial charge in [0, 0.05) is 0 Å². The number of esters is 1. The van der Waals surface area contributed by atoms with E-state index in [1.54, 1.807) is 0 Å². The highest BCUT2D eigenvalue weighted by molar-refractivity contribution is 5.76. The molecule has 0 spiro atoms. The summed E-state index contributed by atoms with van der Waals surface area (Å²) in [6, 6.07) is -0.108. The van der Waals surface area contributed by atoms with E-state index in [0.29, 0.717) is 0 Å². The Morgan fingerprint density at radius 1 is 1.80 bits per heavy atom. The smallest absolute Gasteiger partial charge is 0.324 e. The van der Waals surface area contributed by atoms with Gasteiger partial charge in [0.2, 0.25) is 0 Å². The van der Waals surface area contributed by atoms with Crippen molar-refractivity contribution in [3.63, 3.8) is 0 Å². The summed E-state index contributed by atoms with van der Waals surface area (Å²) in [7, 11) is 0. The first-order valence-electron chi connectivity index (χ1n) is 3.44. The van der Waals surface area contributed by atoms with Crippen LogP contribution in [-0.4, -0.2) is 25.3 Å². The molecule has 0 unspecified atom stereocenters. The highest BCUT2D eigenvalue weighted by atomic mass is 16.5. The molecule has 0 saturated carbocycles. The van der Waals surface area contributed by atoms with E-state index in [2.05, 4.69) is 10.1 Å². The molecule has 4 nitrogen and oxygen atoms in total. The summed E-state index contributed by atoms with van der Waals surface area (Å²) in [6.45, 7) is 0.890. The number of ether oxygens (including phenoxy) is 1. The first-order valence-corrected chi connectivity index (χ1v) is 3.44. The summed E-state index contributed by atoms with van der Waals surface area (Å²) < 4.78 is 4.60. The lowest BCUT2D eigenvalue weighted by atomic mass is 10.2. The average Bonchev–Trinajstić information content (AvgIpc) is 2.38. The predicted octanol–water partition coefficient (Wildman–Crippen LogP) is -0.802. The Morgan fingerprint density at radius 3 is 3.10 bits per heavy atom. The van der Waals surface area contributed by atoms with Gasteiger partial charge in [0.05, 0.1) is 0 Å². The van der Waals surface area contributed by atoms with Gasteiger partial charge in [-0.1, -0.05) is 0 Å². The lowest BCUT2D eigenvalue weighted by Gasteiger charge is -2.07. The molecule has 1 rings (SSSR count). The van der Waals surface area contributed by atoms with Crippen LogP contribution < -0.4 is 11.1 Å². The van der Waals surface area contributed by atoms with E-state index < -0.39 is 0 Å². The Morgan fingerprint density at radius 2 is 2.60 bits per heavy atom. The molecule has 0 aromatic rings. The van der Waals surface area contributed by atoms with Crippen LogP contribution in [0.15, 0.2) is 0 Å². The number of rotatable bonds is 2. The zero-order valence-electron chi connectivity index (χ0n) is 5.80. The van der Waals surface area contributed by atoms with Gasteiger partial charge in [-0.15, -0.1) is 0 Å². The van der Waals surface area contributed by atoms with Gasteiger partial charge in [0.15, 0.2) is 0 Å². The molecule has 1 aliphatic rings. The Hall–Kier alpha value is -0.610. The summed E-state index contributed by atoms with van der Waals surface area (Å²) >= 11 is 0. The van der Waals surface area contributed by atoms with Gasteiger partial charge < -0.3 is 10.1 Å². The minimum atomic E-state index is -0.222. The zero-order valence-corrected chi connectivity index (χ0v) is 5.80. The standard InChI is InChI=1S/C6H12N2O2/c7-4-10-6(9)5-2-1-3-8-5/h5,8H,1-4,7H2/t5-/m0/s1. The van der Waals surface area contributed by atoms with Crippen molar-refractivity contribution < 1.29 is 9.53 Å². The van der Waals surface area contributed by atoms with Crippen molar-refractivity contribution in [2.75, 3.05) is 13.3 Å². The fourth-order valence-electron chi connectivity index (χ4n) is 1.07. The van der Waals surface area contributed by atoms with Crippen LogP contribution in [0.4, 0.5) is 0 Å². The van der Waals surface area contributed by atoms with Crippen molar-refractivity contribution in [1.82, 2.24) is 5.32 Å². The molecule has 1 saturated heterocycles. The molecular weight excluding hydrogens is 132 g/mol. The summed E-state index contributed by atoms with van der Waals surface area (Å²) in [5, 5.41) is 3.01. The minimum Gasteiger partial charge on any atom is -0.449 e. The highest BCUT2D eigenvalue weighted by Gasteiger charge is 2.22. The Labute approximate surface area is 59.7 Å². The number of carbonyl (C=O) groups is 1. The summed E-state index contributed by atoms with van der Waals surface area (Å²) in [5.74, 6) is -0.222. The maximum Gasteiger partial charge on any atom is 0.324 e. The molecular formula is C6H12N2O2. The third-order valence-electron chi connectivity index (χ3n) is 1.57. The van der Waals surface area contributed by atoms with Crippen LogP contribution in [0, 0.1) is 0 Å². The van der Waals surface area contributed by atoms with E-state index >= 15 is 0 Å². The highest BCUT2D eigenvalue weighted by Crippen LogP contribution is 2.05. The van der Waals surface area contributed by atoms with Crippen molar-refractivity contribution in [3.8, 4) is 0 Å². The second-order valence-corrected chi connectivity index (χ2v) is 2.28. The van der Waals surface area contributed by atoms with E-state index in [-0.39, 0.29) is 18.7 Å². The molecule has 0 bridgehead atoms. The van der Waals surface area contributed by atoms with Gasteiger partial charge in [-0.05, 0) is 19.4 Å². The van der Waals surface area contributed by atoms with Gasteiger partial charge in [0.1, 0.15) is 12.8 Å². The Bertz CT molecular complexity index is 121. The quantitative estimate of drug-likeness (QED) is 0.393. The van der Waals surface area contributed by atoms with Gasteiger partial charge >= 0.3 is 5.97 Å². The monoisotopic (exact) mass is 144 g/mol. The van der Waals surface area contributed by atoms with Crippen molar-refractivity contribution in [2.24, 2.45) is 5.73 Å². The minimum absolute atomic E-state index is 0.0169. The van der Waals surface area contributed by atoms with Crippen LogP contribution >= 0.6 is 0 Å². The first-order chi connectivity index (χ1) is 4.84. The molecule has 0 aliphatic carbocycles. The summed E-state index contributed by atoms with van der Waals surface area (Å²) in [4.78, 5) is 10.9. The summed E-state index contributed by atoms with van der Waals surface area (Å²) in [5.41, 5.74) is 5.03. The van der Waals surface area contributed by atoms with Crippen molar-refractivity contribution in [3.05, 3.63) is 0 Å². The topological polar surface area (TPSA) is 64.3 Å². The van der Waals surface area contributed by atoms with Crippen LogP contribution in [0.1, 0.15) is 12.8 Å². The zero-order chi connectivity index (χ0) is 7.40. The molecule has 3 N–H and O–H groups in total. The van der Waals surface area contributed by atoms with Crippen LogP contribution in [0.25, 0.3) is 0 Å². The van der Waals surface area contributed by atoms with Crippen molar-refractivity contribution in [1.29, 1.82) is 0 Å². The molecule has 1 atom stereocenters. The SMILES string of the molecule is NCOC(=O)[C@@H]1CCCN1. The lowest BCUT2D eigenvalue weighted by molar-refractivity contribution is -0.145. The van der Waals surface area contributed by atoms with E-state index in [9.17, 15) is 4.79 Å². The van der Waals surface area contributed by atoms with Crippen molar-refractivity contribution >= 4 is 5.97 Å². The molecule has 0 amide bonds. The molecule has 0 aromatic carbocycles. The molecule has 1 heterocycles. The summed E-state index contributed by atoms with van der Waals surface area (Å²) in [6.07, 6.45) is 1.92. The fraction of sp³-hybridized carbons (Fsp3) is 0.833. The van der Waals surface area contributed by atoms with E-state index in [4.69, 9.17) is 5.73 Å². The maximum absolute atomic E-state index is 10.9. The predicted molar refractivity (Wildman–Crippen MR) is 36.2 cm³/mol. The van der Waals surface area contributed by atoms with Crippen LogP contribution in [0.2, 0.25) is 0 Å². The molecule has 1 aliphatic heterocycles. The van der Waals surface area contributed by atoms with Gasteiger partial charge in [-0.25, -0.2) is 0 Å². The van der Waals surface area contributed by atoms with Crippen LogP contribution in [-0.2, 0) is 9.53 Å². The number of hydrogen-bond donors (Lipinski definition) is 2. The molecule has 10 heavy (non-hydrogen) atoms. The number of nitrogens with two attached hydrogens (primary N) is 1. The largest absolute Gasteiger partial charge is 0.449 e. The normalized spacial score (nSPS) is 24.7.